The Hall–Kier alpha value is -2.05. The van der Waals surface area contributed by atoms with E-state index in [1.165, 1.54) is 17.0 Å². The summed E-state index contributed by atoms with van der Waals surface area (Å²) in [6.45, 7) is 3.96. The van der Waals surface area contributed by atoms with E-state index in [0.29, 0.717) is 6.42 Å². The molecular weight excluding hydrogens is 399 g/mol. The van der Waals surface area contributed by atoms with Crippen LogP contribution >= 0.6 is 11.3 Å². The second kappa shape index (κ2) is 8.60. The van der Waals surface area contributed by atoms with E-state index in [4.69, 9.17) is 0 Å². The lowest BCUT2D eigenvalue weighted by atomic mass is 9.72. The fourth-order valence-corrected chi connectivity index (χ4v) is 5.40. The van der Waals surface area contributed by atoms with Gasteiger partial charge in [-0.25, -0.2) is 4.39 Å². The van der Waals surface area contributed by atoms with Crippen LogP contribution < -0.4 is 0 Å². The number of aliphatic hydroxyl groups excluding tert-OH is 3. The SMILES string of the molecule is Cc1ccc([C@@H]2[C@@H](O)[C@H](C)C[C@H](O)[C@H]2O)cc1Cc1ccc(-c2ccc(F)cc2)s1. The quantitative estimate of drug-likeness (QED) is 0.569. The molecule has 1 aliphatic rings. The average Bonchev–Trinajstić information content (AvgIpc) is 3.18. The van der Waals surface area contributed by atoms with Gasteiger partial charge in [0.2, 0.25) is 0 Å². The molecule has 5 atom stereocenters. The Morgan fingerprint density at radius 3 is 2.43 bits per heavy atom. The maximum atomic E-state index is 13.2. The fraction of sp³-hybridized carbons (Fsp3) is 0.360. The summed E-state index contributed by atoms with van der Waals surface area (Å²) in [6, 6.07) is 16.7. The van der Waals surface area contributed by atoms with Crippen LogP contribution in [0, 0.1) is 18.7 Å². The van der Waals surface area contributed by atoms with Crippen molar-refractivity contribution >= 4 is 11.3 Å². The summed E-state index contributed by atoms with van der Waals surface area (Å²) in [6.07, 6.45) is -1.35. The van der Waals surface area contributed by atoms with E-state index in [9.17, 15) is 19.7 Å². The number of aliphatic hydroxyl groups is 3. The van der Waals surface area contributed by atoms with Crippen molar-refractivity contribution in [2.45, 2.75) is 50.9 Å². The Balaban J connectivity index is 1.59. The first-order valence-electron chi connectivity index (χ1n) is 10.3. The Labute approximate surface area is 180 Å². The molecule has 1 fully saturated rings. The van der Waals surface area contributed by atoms with Crippen molar-refractivity contribution in [2.24, 2.45) is 5.92 Å². The number of rotatable bonds is 4. The third kappa shape index (κ3) is 4.21. The number of hydrogen-bond donors (Lipinski definition) is 3. The molecule has 0 amide bonds. The van der Waals surface area contributed by atoms with Crippen LogP contribution in [0.15, 0.2) is 54.6 Å². The Morgan fingerprint density at radius 2 is 1.70 bits per heavy atom. The summed E-state index contributed by atoms with van der Waals surface area (Å²) >= 11 is 1.68. The molecule has 5 heteroatoms. The maximum absolute atomic E-state index is 13.2. The summed E-state index contributed by atoms with van der Waals surface area (Å²) in [5.41, 5.74) is 4.13. The van der Waals surface area contributed by atoms with Gasteiger partial charge in [0.1, 0.15) is 5.82 Å². The first kappa shape index (κ1) is 21.2. The molecule has 0 unspecified atom stereocenters. The first-order valence-corrected chi connectivity index (χ1v) is 11.1. The van der Waals surface area contributed by atoms with E-state index in [0.717, 1.165) is 33.6 Å². The Bertz CT molecular complexity index is 999. The van der Waals surface area contributed by atoms with Gasteiger partial charge in [-0.3, -0.25) is 0 Å². The number of halogens is 1. The molecule has 0 radical (unpaired) electrons. The molecule has 158 valence electrons. The summed E-state index contributed by atoms with van der Waals surface area (Å²) in [5, 5.41) is 31.4. The highest BCUT2D eigenvalue weighted by atomic mass is 32.1. The van der Waals surface area contributed by atoms with E-state index in [-0.39, 0.29) is 11.7 Å². The van der Waals surface area contributed by atoms with E-state index in [1.54, 1.807) is 23.5 Å². The van der Waals surface area contributed by atoms with Crippen LogP contribution in [0.2, 0.25) is 0 Å². The lowest BCUT2D eigenvalue weighted by Crippen LogP contribution is -2.47. The van der Waals surface area contributed by atoms with Crippen LogP contribution in [0.5, 0.6) is 0 Å². The standard InChI is InChI=1S/C25H27FO3S/c1-14-3-4-17(23-24(28)15(2)11-21(27)25(23)29)12-18(14)13-20-9-10-22(30-20)16-5-7-19(26)8-6-16/h3-10,12,15,21,23-25,27-29H,11,13H2,1-2H3/t15-,21+,23-,24+,25-/m1/s1. The van der Waals surface area contributed by atoms with Crippen molar-refractivity contribution in [3.05, 3.63) is 82.0 Å². The zero-order chi connectivity index (χ0) is 21.4. The van der Waals surface area contributed by atoms with Crippen molar-refractivity contribution < 1.29 is 19.7 Å². The van der Waals surface area contributed by atoms with Gasteiger partial charge >= 0.3 is 0 Å². The Morgan fingerprint density at radius 1 is 0.967 bits per heavy atom. The van der Waals surface area contributed by atoms with Gasteiger partial charge < -0.3 is 15.3 Å². The highest BCUT2D eigenvalue weighted by Crippen LogP contribution is 2.38. The second-order valence-corrected chi connectivity index (χ2v) is 9.59. The third-order valence-corrected chi connectivity index (χ3v) is 7.37. The number of hydrogen-bond acceptors (Lipinski definition) is 4. The molecule has 1 aromatic heterocycles. The van der Waals surface area contributed by atoms with E-state index >= 15 is 0 Å². The molecule has 0 bridgehead atoms. The second-order valence-electron chi connectivity index (χ2n) is 8.42. The topological polar surface area (TPSA) is 60.7 Å². The number of benzene rings is 2. The van der Waals surface area contributed by atoms with Crippen molar-refractivity contribution in [1.29, 1.82) is 0 Å². The predicted octanol–water partition coefficient (Wildman–Crippen LogP) is 4.66. The van der Waals surface area contributed by atoms with Crippen molar-refractivity contribution in [3.63, 3.8) is 0 Å². The van der Waals surface area contributed by atoms with Gasteiger partial charge in [0.05, 0.1) is 18.3 Å². The van der Waals surface area contributed by atoms with Gasteiger partial charge in [-0.2, -0.15) is 0 Å². The van der Waals surface area contributed by atoms with Crippen LogP contribution in [0.3, 0.4) is 0 Å². The van der Waals surface area contributed by atoms with Crippen molar-refractivity contribution in [3.8, 4) is 10.4 Å². The van der Waals surface area contributed by atoms with E-state index in [2.05, 4.69) is 25.1 Å². The molecule has 1 saturated carbocycles. The number of aryl methyl sites for hydroxylation is 1. The van der Waals surface area contributed by atoms with Crippen molar-refractivity contribution in [1.82, 2.24) is 0 Å². The molecule has 3 aromatic rings. The minimum atomic E-state index is -0.974. The van der Waals surface area contributed by atoms with Gasteiger partial charge in [0, 0.05) is 22.1 Å². The monoisotopic (exact) mass is 426 g/mol. The van der Waals surface area contributed by atoms with Crippen LogP contribution in [-0.4, -0.2) is 33.6 Å². The largest absolute Gasteiger partial charge is 0.392 e. The molecule has 1 aliphatic carbocycles. The highest BCUT2D eigenvalue weighted by Gasteiger charge is 2.41. The molecule has 0 spiro atoms. The average molecular weight is 427 g/mol. The summed E-state index contributed by atoms with van der Waals surface area (Å²) < 4.78 is 13.2. The maximum Gasteiger partial charge on any atom is 0.123 e. The molecule has 0 aliphatic heterocycles. The lowest BCUT2D eigenvalue weighted by molar-refractivity contribution is -0.0906. The minimum Gasteiger partial charge on any atom is -0.392 e. The molecule has 30 heavy (non-hydrogen) atoms. The first-order chi connectivity index (χ1) is 14.3. The normalized spacial score (nSPS) is 26.7. The molecule has 4 rings (SSSR count). The lowest BCUT2D eigenvalue weighted by Gasteiger charge is -2.40. The zero-order valence-corrected chi connectivity index (χ0v) is 17.9. The molecule has 0 saturated heterocycles. The van der Waals surface area contributed by atoms with Crippen LogP contribution in [0.4, 0.5) is 4.39 Å². The summed E-state index contributed by atoms with van der Waals surface area (Å²) in [7, 11) is 0. The van der Waals surface area contributed by atoms with Gasteiger partial charge in [0.25, 0.3) is 0 Å². The molecule has 3 nitrogen and oxygen atoms in total. The summed E-state index contributed by atoms with van der Waals surface area (Å²) in [5.74, 6) is -0.815. The van der Waals surface area contributed by atoms with Crippen LogP contribution in [0.25, 0.3) is 10.4 Å². The summed E-state index contributed by atoms with van der Waals surface area (Å²) in [4.78, 5) is 2.28. The third-order valence-electron chi connectivity index (χ3n) is 6.24. The van der Waals surface area contributed by atoms with Gasteiger partial charge in [-0.15, -0.1) is 11.3 Å². The molecule has 3 N–H and O–H groups in total. The number of thiophene rings is 1. The van der Waals surface area contributed by atoms with E-state index < -0.39 is 24.2 Å². The Kier molecular flexibility index (Phi) is 6.07. The highest BCUT2D eigenvalue weighted by molar-refractivity contribution is 7.15. The molecule has 1 heterocycles. The van der Waals surface area contributed by atoms with Crippen molar-refractivity contribution in [2.75, 3.05) is 0 Å². The predicted molar refractivity (Wildman–Crippen MR) is 118 cm³/mol. The zero-order valence-electron chi connectivity index (χ0n) is 17.1. The van der Waals surface area contributed by atoms with Crippen LogP contribution in [0.1, 0.15) is 40.8 Å². The molecule has 2 aromatic carbocycles. The minimum absolute atomic E-state index is 0.0753. The molecular formula is C25H27FO3S. The van der Waals surface area contributed by atoms with Crippen LogP contribution in [-0.2, 0) is 6.42 Å². The van der Waals surface area contributed by atoms with Gasteiger partial charge in [-0.05, 0) is 65.8 Å². The van der Waals surface area contributed by atoms with E-state index in [1.807, 2.05) is 19.1 Å². The fourth-order valence-electron chi connectivity index (χ4n) is 4.37. The van der Waals surface area contributed by atoms with Gasteiger partial charge in [0.15, 0.2) is 0 Å². The van der Waals surface area contributed by atoms with Gasteiger partial charge in [-0.1, -0.05) is 37.3 Å². The smallest absolute Gasteiger partial charge is 0.123 e.